The second-order valence-corrected chi connectivity index (χ2v) is 6.94. The van der Waals surface area contributed by atoms with Gasteiger partial charge < -0.3 is 10.1 Å². The van der Waals surface area contributed by atoms with Gasteiger partial charge in [-0.1, -0.05) is 19.9 Å². The predicted molar refractivity (Wildman–Crippen MR) is 95.0 cm³/mol. The van der Waals surface area contributed by atoms with Gasteiger partial charge in [-0.3, -0.25) is 14.9 Å². The number of nitrogens with one attached hydrogen (secondary N) is 1. The van der Waals surface area contributed by atoms with E-state index in [1.807, 2.05) is 12.1 Å². The minimum atomic E-state index is -0.519. The van der Waals surface area contributed by atoms with Crippen molar-refractivity contribution in [3.8, 4) is 5.75 Å². The third-order valence-electron chi connectivity index (χ3n) is 3.11. The smallest absolute Gasteiger partial charge is 0.271 e. The molecule has 1 N–H and O–H groups in total. The topological polar surface area (TPSA) is 81.5 Å². The molecule has 1 amide bonds. The van der Waals surface area contributed by atoms with Gasteiger partial charge in [-0.05, 0) is 24.3 Å². The molecule has 0 aliphatic rings. The van der Waals surface area contributed by atoms with Crippen LogP contribution in [0.3, 0.4) is 0 Å². The van der Waals surface area contributed by atoms with Gasteiger partial charge in [-0.15, -0.1) is 11.8 Å². The number of amides is 1. The van der Waals surface area contributed by atoms with E-state index in [1.165, 1.54) is 25.3 Å². The summed E-state index contributed by atoms with van der Waals surface area (Å²) in [5.41, 5.74) is 0.628. The summed E-state index contributed by atoms with van der Waals surface area (Å²) in [6.45, 7) is 4.15. The van der Waals surface area contributed by atoms with E-state index in [2.05, 4.69) is 19.2 Å². The summed E-state index contributed by atoms with van der Waals surface area (Å²) in [7, 11) is 1.44. The molecule has 0 spiro atoms. The highest BCUT2D eigenvalue weighted by Gasteiger charge is 2.15. The summed E-state index contributed by atoms with van der Waals surface area (Å²) < 4.78 is 5.15. The lowest BCUT2D eigenvalue weighted by atomic mass is 10.2. The maximum Gasteiger partial charge on any atom is 0.271 e. The van der Waals surface area contributed by atoms with Crippen LogP contribution in [0.25, 0.3) is 0 Å². The van der Waals surface area contributed by atoms with Gasteiger partial charge in [-0.25, -0.2) is 0 Å². The number of thioether (sulfide) groups is 1. The van der Waals surface area contributed by atoms with E-state index in [4.69, 9.17) is 4.74 Å². The molecule has 0 saturated carbocycles. The molecule has 0 aromatic heterocycles. The second-order valence-electron chi connectivity index (χ2n) is 5.29. The van der Waals surface area contributed by atoms with Gasteiger partial charge in [0.25, 0.3) is 11.6 Å². The maximum atomic E-state index is 12.5. The number of anilines is 1. The maximum absolute atomic E-state index is 12.5. The predicted octanol–water partition coefficient (Wildman–Crippen LogP) is 4.36. The van der Waals surface area contributed by atoms with Gasteiger partial charge in [0, 0.05) is 27.8 Å². The molecule has 2 aromatic rings. The zero-order valence-corrected chi connectivity index (χ0v) is 14.4. The molecule has 0 saturated heterocycles. The Balaban J connectivity index is 2.26. The van der Waals surface area contributed by atoms with E-state index in [0.717, 1.165) is 4.90 Å². The highest BCUT2D eigenvalue weighted by molar-refractivity contribution is 7.99. The van der Waals surface area contributed by atoms with Crippen LogP contribution >= 0.6 is 11.8 Å². The molecule has 6 nitrogen and oxygen atoms in total. The summed E-state index contributed by atoms with van der Waals surface area (Å²) in [5.74, 6) is 0.0154. The van der Waals surface area contributed by atoms with Crippen LogP contribution in [0, 0.1) is 10.1 Å². The molecule has 0 aliphatic heterocycles. The van der Waals surface area contributed by atoms with Crippen LogP contribution in [-0.4, -0.2) is 23.2 Å². The molecule has 2 aromatic carbocycles. The van der Waals surface area contributed by atoms with Crippen LogP contribution in [-0.2, 0) is 0 Å². The lowest BCUT2D eigenvalue weighted by Crippen LogP contribution is -2.13. The van der Waals surface area contributed by atoms with Crippen molar-refractivity contribution in [1.29, 1.82) is 0 Å². The highest BCUT2D eigenvalue weighted by atomic mass is 32.2. The van der Waals surface area contributed by atoms with E-state index < -0.39 is 4.92 Å². The molecule has 126 valence electrons. The lowest BCUT2D eigenvalue weighted by molar-refractivity contribution is -0.384. The number of hydrogen-bond acceptors (Lipinski definition) is 5. The number of ether oxygens (including phenoxy) is 1. The first-order chi connectivity index (χ1) is 11.4. The van der Waals surface area contributed by atoms with Crippen LogP contribution in [0.15, 0.2) is 47.4 Å². The molecule has 0 unspecified atom stereocenters. The Morgan fingerprint density at radius 1 is 1.25 bits per heavy atom. The fraction of sp³-hybridized carbons (Fsp3) is 0.235. The van der Waals surface area contributed by atoms with Crippen molar-refractivity contribution in [2.24, 2.45) is 0 Å². The molecular weight excluding hydrogens is 328 g/mol. The van der Waals surface area contributed by atoms with Crippen molar-refractivity contribution in [2.45, 2.75) is 24.0 Å². The second kappa shape index (κ2) is 7.83. The number of nitrogens with zero attached hydrogens (tertiary/aromatic N) is 1. The molecule has 0 fully saturated rings. The fourth-order valence-electron chi connectivity index (χ4n) is 2.08. The molecule has 2 rings (SSSR count). The molecular formula is C17H18N2O4S. The van der Waals surface area contributed by atoms with Gasteiger partial charge >= 0.3 is 0 Å². The quantitative estimate of drug-likeness (QED) is 0.477. The van der Waals surface area contributed by atoms with E-state index in [-0.39, 0.29) is 17.3 Å². The van der Waals surface area contributed by atoms with Crippen molar-refractivity contribution < 1.29 is 14.5 Å². The number of benzene rings is 2. The van der Waals surface area contributed by atoms with E-state index in [9.17, 15) is 14.9 Å². The zero-order chi connectivity index (χ0) is 17.7. The number of non-ortho nitro benzene ring substituents is 1. The van der Waals surface area contributed by atoms with E-state index in [0.29, 0.717) is 16.6 Å². The number of carbonyl (C=O) groups is 1. The standard InChI is InChI=1S/C17H18N2O4S/c1-11(2)24-14-6-4-5-12(9-14)17(20)18-15-10-13(19(21)22)7-8-16(15)23-3/h4-11H,1-3H3,(H,18,20). The highest BCUT2D eigenvalue weighted by Crippen LogP contribution is 2.30. The molecule has 0 heterocycles. The third kappa shape index (κ3) is 4.48. The van der Waals surface area contributed by atoms with Crippen molar-refractivity contribution in [1.82, 2.24) is 0 Å². The lowest BCUT2D eigenvalue weighted by Gasteiger charge is -2.11. The number of nitro groups is 1. The monoisotopic (exact) mass is 346 g/mol. The molecule has 7 heteroatoms. The average molecular weight is 346 g/mol. The number of hydrogen-bond donors (Lipinski definition) is 1. The van der Waals surface area contributed by atoms with Gasteiger partial charge in [0.1, 0.15) is 5.75 Å². The first-order valence-electron chi connectivity index (χ1n) is 7.31. The van der Waals surface area contributed by atoms with Gasteiger partial charge in [0.05, 0.1) is 17.7 Å². The van der Waals surface area contributed by atoms with Crippen LogP contribution in [0.2, 0.25) is 0 Å². The summed E-state index contributed by atoms with van der Waals surface area (Å²) in [5, 5.41) is 14.0. The normalized spacial score (nSPS) is 10.5. The summed E-state index contributed by atoms with van der Waals surface area (Å²) in [6.07, 6.45) is 0. The van der Waals surface area contributed by atoms with Crippen LogP contribution in [0.5, 0.6) is 5.75 Å². The Labute approximate surface area is 144 Å². The molecule has 0 aliphatic carbocycles. The zero-order valence-electron chi connectivity index (χ0n) is 13.6. The van der Waals surface area contributed by atoms with Crippen LogP contribution < -0.4 is 10.1 Å². The third-order valence-corrected chi connectivity index (χ3v) is 4.11. The SMILES string of the molecule is COc1ccc([N+](=O)[O-])cc1NC(=O)c1cccc(SC(C)C)c1. The number of carbonyl (C=O) groups excluding carboxylic acids is 1. The Morgan fingerprint density at radius 3 is 2.62 bits per heavy atom. The number of rotatable bonds is 6. The van der Waals surface area contributed by atoms with Gasteiger partial charge in [0.2, 0.25) is 0 Å². The van der Waals surface area contributed by atoms with Crippen molar-refractivity contribution in [3.63, 3.8) is 0 Å². The van der Waals surface area contributed by atoms with E-state index in [1.54, 1.807) is 23.9 Å². The van der Waals surface area contributed by atoms with Crippen molar-refractivity contribution in [2.75, 3.05) is 12.4 Å². The minimum absolute atomic E-state index is 0.116. The Bertz CT molecular complexity index is 762. The average Bonchev–Trinajstić information content (AvgIpc) is 2.54. The van der Waals surface area contributed by atoms with Gasteiger partial charge in [0.15, 0.2) is 0 Å². The van der Waals surface area contributed by atoms with E-state index >= 15 is 0 Å². The number of methoxy groups -OCH3 is 1. The first kappa shape index (κ1) is 17.8. The first-order valence-corrected chi connectivity index (χ1v) is 8.19. The molecule has 24 heavy (non-hydrogen) atoms. The Morgan fingerprint density at radius 2 is 2.00 bits per heavy atom. The minimum Gasteiger partial charge on any atom is -0.495 e. The number of nitro benzene ring substituents is 1. The van der Waals surface area contributed by atoms with Crippen molar-refractivity contribution in [3.05, 3.63) is 58.1 Å². The molecule has 0 atom stereocenters. The summed E-state index contributed by atoms with van der Waals surface area (Å²) in [4.78, 5) is 23.8. The van der Waals surface area contributed by atoms with Crippen LogP contribution in [0.1, 0.15) is 24.2 Å². The van der Waals surface area contributed by atoms with Crippen molar-refractivity contribution >= 4 is 29.0 Å². The summed E-state index contributed by atoms with van der Waals surface area (Å²) in [6, 6.07) is 11.3. The molecule has 0 bridgehead atoms. The fourth-order valence-corrected chi connectivity index (χ4v) is 2.98. The Kier molecular flexibility index (Phi) is 5.81. The van der Waals surface area contributed by atoms with Gasteiger partial charge in [-0.2, -0.15) is 0 Å². The largest absolute Gasteiger partial charge is 0.495 e. The Hall–Kier alpha value is -2.54. The van der Waals surface area contributed by atoms with Crippen LogP contribution in [0.4, 0.5) is 11.4 Å². The summed E-state index contributed by atoms with van der Waals surface area (Å²) >= 11 is 1.66. The molecule has 0 radical (unpaired) electrons.